The molecule has 0 saturated heterocycles. The van der Waals surface area contributed by atoms with E-state index in [4.69, 9.17) is 0 Å². The van der Waals surface area contributed by atoms with Crippen molar-refractivity contribution in [2.75, 3.05) is 5.32 Å². The molecule has 28 heavy (non-hydrogen) atoms. The summed E-state index contributed by atoms with van der Waals surface area (Å²) in [5.74, 6) is 0.199. The second kappa shape index (κ2) is 6.58. The van der Waals surface area contributed by atoms with Gasteiger partial charge in [0.15, 0.2) is 11.3 Å². The maximum Gasteiger partial charge on any atom is 0.278 e. The number of amides is 1. The van der Waals surface area contributed by atoms with Crippen molar-refractivity contribution >= 4 is 39.9 Å². The summed E-state index contributed by atoms with van der Waals surface area (Å²) in [5.41, 5.74) is 3.65. The maximum atomic E-state index is 12.9. The van der Waals surface area contributed by atoms with Gasteiger partial charge in [0.1, 0.15) is 0 Å². The van der Waals surface area contributed by atoms with Crippen LogP contribution in [0.4, 0.5) is 5.95 Å². The summed E-state index contributed by atoms with van der Waals surface area (Å²) in [4.78, 5) is 22.8. The molecule has 1 aromatic carbocycles. The largest absolute Gasteiger partial charge is 0.310 e. The smallest absolute Gasteiger partial charge is 0.278 e. The molecule has 0 atom stereocenters. The first-order chi connectivity index (χ1) is 13.7. The van der Waals surface area contributed by atoms with E-state index < -0.39 is 0 Å². The molecule has 5 aromatic rings. The second-order valence-electron chi connectivity index (χ2n) is 6.23. The number of aryl methyl sites for hydroxylation is 1. The predicted octanol–water partition coefficient (Wildman–Crippen LogP) is 4.08. The number of para-hydroxylation sites is 2. The van der Waals surface area contributed by atoms with Gasteiger partial charge >= 0.3 is 0 Å². The summed E-state index contributed by atoms with van der Waals surface area (Å²) < 4.78 is 3.67. The molecule has 0 fully saturated rings. The Morgan fingerprint density at radius 1 is 1.18 bits per heavy atom. The molecule has 1 amide bonds. The fourth-order valence-corrected chi connectivity index (χ4v) is 4.01. The van der Waals surface area contributed by atoms with E-state index in [2.05, 4.69) is 20.4 Å². The first-order valence-electron chi connectivity index (χ1n) is 8.90. The Kier molecular flexibility index (Phi) is 3.91. The van der Waals surface area contributed by atoms with Gasteiger partial charge in [0.25, 0.3) is 5.91 Å². The van der Waals surface area contributed by atoms with E-state index >= 15 is 0 Å². The van der Waals surface area contributed by atoms with E-state index in [-0.39, 0.29) is 5.91 Å². The molecule has 0 saturated carbocycles. The lowest BCUT2D eigenvalue weighted by Crippen LogP contribution is -2.16. The van der Waals surface area contributed by atoms with Crippen molar-refractivity contribution in [2.24, 2.45) is 0 Å². The van der Waals surface area contributed by atoms with Crippen LogP contribution < -0.4 is 5.32 Å². The van der Waals surface area contributed by atoms with Crippen LogP contribution in [0.15, 0.2) is 60.1 Å². The number of aromatic nitrogens is 5. The third kappa shape index (κ3) is 2.66. The van der Waals surface area contributed by atoms with Crippen molar-refractivity contribution in [3.8, 4) is 10.6 Å². The lowest BCUT2D eigenvalue weighted by Gasteiger charge is -2.06. The molecule has 0 bridgehead atoms. The quantitative estimate of drug-likeness (QED) is 0.503. The normalized spacial score (nSPS) is 11.3. The second-order valence-corrected chi connectivity index (χ2v) is 7.18. The monoisotopic (exact) mass is 388 g/mol. The van der Waals surface area contributed by atoms with Crippen molar-refractivity contribution in [1.82, 2.24) is 24.1 Å². The highest BCUT2D eigenvalue weighted by atomic mass is 32.1. The molecule has 1 N–H and O–H groups in total. The van der Waals surface area contributed by atoms with Crippen molar-refractivity contribution in [3.63, 3.8) is 0 Å². The topological polar surface area (TPSA) is 77.1 Å². The van der Waals surface area contributed by atoms with Crippen molar-refractivity contribution in [1.29, 1.82) is 0 Å². The summed E-state index contributed by atoms with van der Waals surface area (Å²) in [6.45, 7) is 2.72. The number of imidazole rings is 1. The van der Waals surface area contributed by atoms with Gasteiger partial charge in [-0.25, -0.2) is 14.5 Å². The van der Waals surface area contributed by atoms with Crippen molar-refractivity contribution in [3.05, 3.63) is 65.8 Å². The number of carbonyl (C=O) groups excluding carboxylic acids is 1. The fraction of sp³-hybridized carbons (Fsp3) is 0.100. The lowest BCUT2D eigenvalue weighted by molar-refractivity contribution is 0.102. The number of rotatable bonds is 4. The zero-order chi connectivity index (χ0) is 19.1. The number of fused-ring (bicyclic) bond motifs is 2. The highest BCUT2D eigenvalue weighted by Gasteiger charge is 2.17. The van der Waals surface area contributed by atoms with E-state index in [1.807, 2.05) is 59.3 Å². The molecule has 0 aliphatic carbocycles. The fourth-order valence-electron chi connectivity index (χ4n) is 3.27. The molecule has 8 heteroatoms. The van der Waals surface area contributed by atoms with Crippen LogP contribution in [-0.4, -0.2) is 30.1 Å². The molecule has 4 heterocycles. The molecule has 0 unspecified atom stereocenters. The van der Waals surface area contributed by atoms with Gasteiger partial charge in [-0.2, -0.15) is 5.10 Å². The molecule has 138 valence electrons. The third-order valence-electron chi connectivity index (χ3n) is 4.56. The van der Waals surface area contributed by atoms with Crippen LogP contribution in [0.5, 0.6) is 0 Å². The van der Waals surface area contributed by atoms with Crippen LogP contribution in [0.3, 0.4) is 0 Å². The molecular weight excluding hydrogens is 372 g/mol. The maximum absolute atomic E-state index is 12.9. The molecule has 0 aliphatic heterocycles. The minimum atomic E-state index is -0.312. The number of nitrogens with zero attached hydrogens (tertiary/aromatic N) is 5. The Labute approximate surface area is 164 Å². The molecule has 4 aromatic heterocycles. The number of thiophene rings is 1. The van der Waals surface area contributed by atoms with E-state index in [9.17, 15) is 4.79 Å². The number of hydrogen-bond acceptors (Lipinski definition) is 5. The molecule has 0 spiro atoms. The van der Waals surface area contributed by atoms with Gasteiger partial charge in [0.05, 0.1) is 21.6 Å². The van der Waals surface area contributed by atoms with Crippen molar-refractivity contribution < 1.29 is 4.79 Å². The van der Waals surface area contributed by atoms with Crippen molar-refractivity contribution in [2.45, 2.75) is 13.5 Å². The van der Waals surface area contributed by atoms with Crippen LogP contribution in [-0.2, 0) is 6.54 Å². The Hall–Kier alpha value is -3.52. The number of anilines is 1. The molecule has 5 rings (SSSR count). The average Bonchev–Trinajstić information content (AvgIpc) is 3.44. The van der Waals surface area contributed by atoms with Crippen LogP contribution in [0, 0.1) is 0 Å². The zero-order valence-corrected chi connectivity index (χ0v) is 15.8. The predicted molar refractivity (Wildman–Crippen MR) is 110 cm³/mol. The Morgan fingerprint density at radius 2 is 2.07 bits per heavy atom. The minimum absolute atomic E-state index is 0.297. The van der Waals surface area contributed by atoms with Gasteiger partial charge in [-0.05, 0) is 36.6 Å². The SMILES string of the molecule is CCn1c(NC(=O)c2cc3nccc(-c4cccs4)n3n2)nc2ccccc21. The molecule has 0 aliphatic rings. The Morgan fingerprint density at radius 3 is 2.89 bits per heavy atom. The third-order valence-corrected chi connectivity index (χ3v) is 5.45. The standard InChI is InChI=1S/C20H16N6OS/c1-2-25-15-7-4-3-6-13(15)22-20(25)23-19(27)14-12-18-21-10-9-16(26(18)24-14)17-8-5-11-28-17/h3-12H,2H2,1H3,(H,22,23,27). The zero-order valence-electron chi connectivity index (χ0n) is 15.0. The number of benzene rings is 1. The lowest BCUT2D eigenvalue weighted by atomic mass is 10.3. The minimum Gasteiger partial charge on any atom is -0.310 e. The molecule has 0 radical (unpaired) electrons. The van der Waals surface area contributed by atoms with E-state index in [0.29, 0.717) is 23.8 Å². The van der Waals surface area contributed by atoms with Crippen LogP contribution in [0.1, 0.15) is 17.4 Å². The summed E-state index contributed by atoms with van der Waals surface area (Å²) in [6, 6.07) is 15.4. The van der Waals surface area contributed by atoms with Gasteiger partial charge < -0.3 is 4.57 Å². The van der Waals surface area contributed by atoms with Gasteiger partial charge in [0, 0.05) is 18.8 Å². The summed E-state index contributed by atoms with van der Waals surface area (Å²) in [6.07, 6.45) is 1.73. The van der Waals surface area contributed by atoms with Crippen LogP contribution >= 0.6 is 11.3 Å². The number of carbonyl (C=O) groups is 1. The van der Waals surface area contributed by atoms with Gasteiger partial charge in [0.2, 0.25) is 5.95 Å². The van der Waals surface area contributed by atoms with Gasteiger partial charge in [-0.1, -0.05) is 18.2 Å². The van der Waals surface area contributed by atoms with E-state index in [0.717, 1.165) is 21.6 Å². The van der Waals surface area contributed by atoms with Crippen LogP contribution in [0.25, 0.3) is 27.3 Å². The molecular formula is C20H16N6OS. The Balaban J connectivity index is 1.53. The highest BCUT2D eigenvalue weighted by Crippen LogP contribution is 2.25. The first-order valence-corrected chi connectivity index (χ1v) is 9.78. The van der Waals surface area contributed by atoms with E-state index in [1.165, 1.54) is 0 Å². The first kappa shape index (κ1) is 16.6. The highest BCUT2D eigenvalue weighted by molar-refractivity contribution is 7.13. The number of nitrogens with one attached hydrogen (secondary N) is 1. The van der Waals surface area contributed by atoms with E-state index in [1.54, 1.807) is 28.1 Å². The number of hydrogen-bond donors (Lipinski definition) is 1. The summed E-state index contributed by atoms with van der Waals surface area (Å²) in [5, 5.41) is 9.39. The van der Waals surface area contributed by atoms with Crippen LogP contribution in [0.2, 0.25) is 0 Å². The Bertz CT molecular complexity index is 1300. The summed E-state index contributed by atoms with van der Waals surface area (Å²) in [7, 11) is 0. The molecule has 7 nitrogen and oxygen atoms in total. The average molecular weight is 388 g/mol. The van der Waals surface area contributed by atoms with Gasteiger partial charge in [-0.3, -0.25) is 10.1 Å². The van der Waals surface area contributed by atoms with Gasteiger partial charge in [-0.15, -0.1) is 11.3 Å². The summed E-state index contributed by atoms with van der Waals surface area (Å²) >= 11 is 1.62.